The SMILES string of the molecule is CCN1C(=O)/C(=C/C2N=C3C(=c4s/c(=C/c5sc(=S)n(CC)c5O)nc4OC34CCCCC4)S2)SC1=S. The Hall–Kier alpha value is -1.51. The van der Waals surface area contributed by atoms with Gasteiger partial charge in [-0.1, -0.05) is 42.2 Å². The van der Waals surface area contributed by atoms with Gasteiger partial charge in [0.05, 0.1) is 20.4 Å². The van der Waals surface area contributed by atoms with Crippen LogP contribution in [0.2, 0.25) is 0 Å². The first-order valence-corrected chi connectivity index (χ1v) is 16.3. The molecular weight excluding hydrogens is 585 g/mol. The van der Waals surface area contributed by atoms with Gasteiger partial charge in [-0.3, -0.25) is 19.3 Å². The molecule has 7 nitrogen and oxygen atoms in total. The second-order valence-electron chi connectivity index (χ2n) is 9.05. The number of likely N-dealkylation sites (N-methyl/N-ethyl adjacent to an activating group) is 1. The number of nitrogens with zero attached hydrogens (tertiary/aromatic N) is 4. The van der Waals surface area contributed by atoms with Gasteiger partial charge in [0.15, 0.2) is 9.56 Å². The summed E-state index contributed by atoms with van der Waals surface area (Å²) in [6.07, 6.45) is 8.97. The average molecular weight is 609 g/mol. The monoisotopic (exact) mass is 608 g/mol. The van der Waals surface area contributed by atoms with Gasteiger partial charge in [-0.15, -0.1) is 22.7 Å². The number of carbonyl (C=O) groups is 1. The highest BCUT2D eigenvalue weighted by atomic mass is 32.2. The Morgan fingerprint density at radius 1 is 1.19 bits per heavy atom. The first-order chi connectivity index (χ1) is 17.8. The Bertz CT molecular complexity index is 1560. The molecule has 1 spiro atoms. The number of carbonyl (C=O) groups excluding carboxylic acids is 1. The molecule has 1 atom stereocenters. The molecule has 0 bridgehead atoms. The van der Waals surface area contributed by atoms with E-state index in [9.17, 15) is 9.90 Å². The predicted molar refractivity (Wildman–Crippen MR) is 160 cm³/mol. The Morgan fingerprint density at radius 3 is 2.65 bits per heavy atom. The van der Waals surface area contributed by atoms with E-state index in [2.05, 4.69) is 0 Å². The standard InChI is InChI=1S/C24H24N4O3S6/c1-3-27-20(29)12(34-22(27)32)10-14-25-18-16(36-14)17-19(31-24(18)8-6-5-7-9-24)26-15(37-17)11-13-21(30)28(4-2)23(33)35-13/h10-11,14,30H,3-9H2,1-2H3/b12-10-,15-11+. The molecule has 2 aromatic heterocycles. The molecule has 0 aromatic carbocycles. The van der Waals surface area contributed by atoms with Crippen molar-refractivity contribution in [3.05, 3.63) is 29.0 Å². The molecule has 1 unspecified atom stereocenters. The van der Waals surface area contributed by atoms with Gasteiger partial charge in [-0.25, -0.2) is 4.98 Å². The molecule has 194 valence electrons. The van der Waals surface area contributed by atoms with Crippen LogP contribution in [-0.2, 0) is 11.3 Å². The van der Waals surface area contributed by atoms with Crippen molar-refractivity contribution in [3.63, 3.8) is 0 Å². The van der Waals surface area contributed by atoms with E-state index in [4.69, 9.17) is 39.1 Å². The number of fused-ring (bicyclic) bond motifs is 3. The van der Waals surface area contributed by atoms with Crippen molar-refractivity contribution in [1.82, 2.24) is 14.5 Å². The molecule has 1 saturated heterocycles. The number of aromatic hydroxyl groups is 1. The van der Waals surface area contributed by atoms with Crippen molar-refractivity contribution in [1.29, 1.82) is 0 Å². The van der Waals surface area contributed by atoms with Crippen LogP contribution in [0.3, 0.4) is 0 Å². The maximum atomic E-state index is 12.8. The van der Waals surface area contributed by atoms with Gasteiger partial charge in [-0.05, 0) is 63.9 Å². The number of thioether (sulfide) groups is 2. The van der Waals surface area contributed by atoms with E-state index in [-0.39, 0.29) is 17.2 Å². The van der Waals surface area contributed by atoms with Crippen LogP contribution < -0.4 is 13.9 Å². The van der Waals surface area contributed by atoms with Crippen molar-refractivity contribution in [2.75, 3.05) is 6.54 Å². The van der Waals surface area contributed by atoms with Crippen molar-refractivity contribution < 1.29 is 14.6 Å². The van der Waals surface area contributed by atoms with Crippen LogP contribution in [0.15, 0.2) is 16.0 Å². The predicted octanol–water partition coefficient (Wildman–Crippen LogP) is 4.77. The molecule has 3 aliphatic heterocycles. The summed E-state index contributed by atoms with van der Waals surface area (Å²) in [4.78, 5) is 26.8. The summed E-state index contributed by atoms with van der Waals surface area (Å²) in [6, 6.07) is 0. The number of hydrogen-bond acceptors (Lipinski definition) is 11. The van der Waals surface area contributed by atoms with Crippen LogP contribution in [0.25, 0.3) is 11.0 Å². The van der Waals surface area contributed by atoms with E-state index in [0.717, 1.165) is 45.5 Å². The lowest BCUT2D eigenvalue weighted by Gasteiger charge is -2.39. The second kappa shape index (κ2) is 9.91. The highest BCUT2D eigenvalue weighted by molar-refractivity contribution is 8.26. The summed E-state index contributed by atoms with van der Waals surface area (Å²) in [5, 5.41) is 10.4. The molecule has 1 saturated carbocycles. The van der Waals surface area contributed by atoms with Gasteiger partial charge in [0.1, 0.15) is 18.9 Å². The minimum Gasteiger partial charge on any atom is -0.493 e. The van der Waals surface area contributed by atoms with Crippen LogP contribution in [-0.4, -0.2) is 53.0 Å². The number of amides is 1. The molecular formula is C24H24N4O3S6. The maximum absolute atomic E-state index is 12.8. The zero-order valence-electron chi connectivity index (χ0n) is 20.2. The topological polar surface area (TPSA) is 80.0 Å². The Balaban J connectivity index is 1.44. The average Bonchev–Trinajstić information content (AvgIpc) is 3.60. The zero-order valence-corrected chi connectivity index (χ0v) is 25.1. The van der Waals surface area contributed by atoms with E-state index in [0.29, 0.717) is 37.0 Å². The van der Waals surface area contributed by atoms with Crippen molar-refractivity contribution >= 4 is 97.6 Å². The number of thiocarbonyl (C=S) groups is 1. The molecule has 1 aliphatic carbocycles. The zero-order chi connectivity index (χ0) is 25.9. The number of rotatable bonds is 4. The van der Waals surface area contributed by atoms with Gasteiger partial charge >= 0.3 is 0 Å². The highest BCUT2D eigenvalue weighted by Gasteiger charge is 2.48. The third kappa shape index (κ3) is 4.35. The number of aliphatic imine (C=N–C) groups is 1. The first-order valence-electron chi connectivity index (χ1n) is 12.2. The molecule has 13 heteroatoms. The summed E-state index contributed by atoms with van der Waals surface area (Å²) in [6.45, 7) is 5.07. The number of thiazole rings is 2. The molecule has 4 aliphatic rings. The van der Waals surface area contributed by atoms with Gasteiger partial charge < -0.3 is 9.84 Å². The van der Waals surface area contributed by atoms with Crippen molar-refractivity contribution in [2.45, 2.75) is 63.5 Å². The lowest BCUT2D eigenvalue weighted by molar-refractivity contribution is -0.122. The van der Waals surface area contributed by atoms with Gasteiger partial charge in [-0.2, -0.15) is 0 Å². The lowest BCUT2D eigenvalue weighted by atomic mass is 9.80. The fraction of sp³-hybridized carbons (Fsp3) is 0.458. The molecule has 2 aromatic rings. The Morgan fingerprint density at radius 2 is 1.97 bits per heavy atom. The summed E-state index contributed by atoms with van der Waals surface area (Å²) in [7, 11) is 0. The van der Waals surface area contributed by atoms with Crippen molar-refractivity contribution in [3.8, 4) is 11.8 Å². The third-order valence-corrected chi connectivity index (χ3v) is 11.9. The molecule has 1 N–H and O–H groups in total. The third-order valence-electron chi connectivity index (χ3n) is 6.86. The molecule has 0 radical (unpaired) electrons. The lowest BCUT2D eigenvalue weighted by Crippen LogP contribution is -2.49. The molecule has 2 fully saturated rings. The molecule has 6 rings (SSSR count). The van der Waals surface area contributed by atoms with E-state index >= 15 is 0 Å². The highest BCUT2D eigenvalue weighted by Crippen LogP contribution is 2.47. The normalized spacial score (nSPS) is 24.2. The Kier molecular flexibility index (Phi) is 6.89. The smallest absolute Gasteiger partial charge is 0.265 e. The summed E-state index contributed by atoms with van der Waals surface area (Å²) in [5.41, 5.74) is 0.510. The maximum Gasteiger partial charge on any atom is 0.265 e. The number of aromatic nitrogens is 2. The summed E-state index contributed by atoms with van der Waals surface area (Å²) >= 11 is 16.7. The Labute approximate surface area is 241 Å². The minimum atomic E-state index is -0.478. The van der Waals surface area contributed by atoms with Crippen molar-refractivity contribution in [2.24, 2.45) is 4.99 Å². The largest absolute Gasteiger partial charge is 0.493 e. The van der Waals surface area contributed by atoms with Crippen LogP contribution in [0.1, 0.15) is 50.8 Å². The minimum absolute atomic E-state index is 0.0432. The second-order valence-corrected chi connectivity index (χ2v) is 14.6. The first kappa shape index (κ1) is 25.8. The number of hydrogen-bond donors (Lipinski definition) is 1. The van der Waals surface area contributed by atoms with Gasteiger partial charge in [0, 0.05) is 13.1 Å². The van der Waals surface area contributed by atoms with Crippen LogP contribution in [0.5, 0.6) is 11.8 Å². The van der Waals surface area contributed by atoms with Gasteiger partial charge in [0.25, 0.3) is 5.91 Å². The number of ether oxygens (including phenoxy) is 1. The van der Waals surface area contributed by atoms with Crippen LogP contribution >= 0.6 is 70.6 Å². The molecule has 37 heavy (non-hydrogen) atoms. The molecule has 1 amide bonds. The summed E-state index contributed by atoms with van der Waals surface area (Å²) < 4.78 is 11.3. The molecule has 5 heterocycles. The van der Waals surface area contributed by atoms with E-state index in [1.807, 2.05) is 26.0 Å². The summed E-state index contributed by atoms with van der Waals surface area (Å²) in [5.74, 6) is 0.763. The fourth-order valence-corrected chi connectivity index (χ4v) is 10.3. The van der Waals surface area contributed by atoms with Crippen LogP contribution in [0.4, 0.5) is 0 Å². The van der Waals surface area contributed by atoms with E-state index < -0.39 is 5.60 Å². The quantitative estimate of drug-likeness (QED) is 0.393. The van der Waals surface area contributed by atoms with Crippen LogP contribution in [0, 0.1) is 3.95 Å². The van der Waals surface area contributed by atoms with E-state index in [1.165, 1.54) is 40.9 Å². The van der Waals surface area contributed by atoms with Gasteiger partial charge in [0.2, 0.25) is 11.8 Å². The fourth-order valence-electron chi connectivity index (χ4n) is 5.05. The van der Waals surface area contributed by atoms with E-state index in [1.54, 1.807) is 21.2 Å².